The van der Waals surface area contributed by atoms with Crippen molar-refractivity contribution in [2.75, 3.05) is 20.3 Å². The topological polar surface area (TPSA) is 21.3 Å². The van der Waals surface area contributed by atoms with Crippen molar-refractivity contribution >= 4 is 11.3 Å². The molecule has 0 saturated heterocycles. The molecule has 1 heterocycles. The largest absolute Gasteiger partial charge is 0.384 e. The Morgan fingerprint density at radius 3 is 2.83 bits per heavy atom. The second kappa shape index (κ2) is 7.27. The van der Waals surface area contributed by atoms with Crippen LogP contribution in [0.5, 0.6) is 0 Å². The summed E-state index contributed by atoms with van der Waals surface area (Å²) in [5.41, 5.74) is 0. The van der Waals surface area contributed by atoms with E-state index in [1.165, 1.54) is 30.6 Å². The van der Waals surface area contributed by atoms with E-state index in [0.717, 1.165) is 19.1 Å². The van der Waals surface area contributed by atoms with Crippen LogP contribution in [-0.2, 0) is 4.74 Å². The van der Waals surface area contributed by atoms with Crippen molar-refractivity contribution in [1.82, 2.24) is 5.32 Å². The Kier molecular flexibility index (Phi) is 5.67. The predicted octanol–water partition coefficient (Wildman–Crippen LogP) is 3.85. The summed E-state index contributed by atoms with van der Waals surface area (Å²) in [4.78, 5) is 1.51. The summed E-state index contributed by atoms with van der Waals surface area (Å²) in [5.74, 6) is 1.41. The molecule has 2 rings (SSSR count). The third-order valence-corrected chi connectivity index (χ3v) is 4.81. The van der Waals surface area contributed by atoms with Crippen molar-refractivity contribution in [2.24, 2.45) is 11.8 Å². The van der Waals surface area contributed by atoms with Crippen molar-refractivity contribution in [3.05, 3.63) is 22.4 Å². The highest BCUT2D eigenvalue weighted by Gasteiger charge is 2.26. The molecule has 0 aromatic carbocycles. The molecular weight excluding hydrogens is 242 g/mol. The number of hydrogen-bond donors (Lipinski definition) is 1. The van der Waals surface area contributed by atoms with E-state index in [1.54, 1.807) is 7.11 Å². The highest BCUT2D eigenvalue weighted by atomic mass is 32.1. The molecular formula is C15H25NOS. The van der Waals surface area contributed by atoms with E-state index in [4.69, 9.17) is 4.74 Å². The van der Waals surface area contributed by atoms with E-state index in [2.05, 4.69) is 29.8 Å². The van der Waals surface area contributed by atoms with Crippen molar-refractivity contribution in [3.8, 4) is 0 Å². The molecule has 2 unspecified atom stereocenters. The standard InChI is InChI=1S/C15H25NOS/c1-12(11-17-2)10-16-15(13-6-3-4-7-13)14-8-5-9-18-14/h5,8-9,12-13,15-16H,3-4,6-7,10-11H2,1-2H3. The monoisotopic (exact) mass is 267 g/mol. The molecule has 0 amide bonds. The molecule has 2 nitrogen and oxygen atoms in total. The lowest BCUT2D eigenvalue weighted by atomic mass is 9.96. The molecule has 2 atom stereocenters. The lowest BCUT2D eigenvalue weighted by Crippen LogP contribution is -2.31. The number of hydrogen-bond acceptors (Lipinski definition) is 3. The first-order valence-electron chi connectivity index (χ1n) is 7.07. The van der Waals surface area contributed by atoms with Gasteiger partial charge in [0.2, 0.25) is 0 Å². The fourth-order valence-corrected chi connectivity index (χ4v) is 3.82. The predicted molar refractivity (Wildman–Crippen MR) is 78.1 cm³/mol. The van der Waals surface area contributed by atoms with Crippen LogP contribution in [-0.4, -0.2) is 20.3 Å². The maximum atomic E-state index is 5.21. The summed E-state index contributed by atoms with van der Waals surface area (Å²) in [6.45, 7) is 4.14. The molecule has 1 aliphatic rings. The molecule has 1 fully saturated rings. The van der Waals surface area contributed by atoms with Crippen LogP contribution in [0.4, 0.5) is 0 Å². The maximum absolute atomic E-state index is 5.21. The highest BCUT2D eigenvalue weighted by Crippen LogP contribution is 2.37. The van der Waals surface area contributed by atoms with E-state index < -0.39 is 0 Å². The van der Waals surface area contributed by atoms with Gasteiger partial charge < -0.3 is 10.1 Å². The third kappa shape index (κ3) is 3.81. The number of nitrogens with one attached hydrogen (secondary N) is 1. The number of ether oxygens (including phenoxy) is 1. The van der Waals surface area contributed by atoms with E-state index in [-0.39, 0.29) is 0 Å². The molecule has 1 N–H and O–H groups in total. The van der Waals surface area contributed by atoms with Crippen LogP contribution in [0.25, 0.3) is 0 Å². The Balaban J connectivity index is 1.92. The quantitative estimate of drug-likeness (QED) is 0.810. The van der Waals surface area contributed by atoms with Crippen molar-refractivity contribution in [1.29, 1.82) is 0 Å². The first kappa shape index (κ1) is 14.0. The van der Waals surface area contributed by atoms with Gasteiger partial charge in [-0.25, -0.2) is 0 Å². The zero-order chi connectivity index (χ0) is 12.8. The van der Waals surface area contributed by atoms with Gasteiger partial charge in [-0.3, -0.25) is 0 Å². The van der Waals surface area contributed by atoms with Gasteiger partial charge in [-0.15, -0.1) is 11.3 Å². The average Bonchev–Trinajstić information content (AvgIpc) is 3.02. The molecule has 1 aromatic heterocycles. The average molecular weight is 267 g/mol. The number of rotatable bonds is 7. The van der Waals surface area contributed by atoms with Gasteiger partial charge in [-0.1, -0.05) is 25.8 Å². The normalized spacial score (nSPS) is 20.1. The molecule has 0 spiro atoms. The second-order valence-corrected chi connectivity index (χ2v) is 6.49. The lowest BCUT2D eigenvalue weighted by Gasteiger charge is -2.25. The van der Waals surface area contributed by atoms with E-state index in [0.29, 0.717) is 12.0 Å². The third-order valence-electron chi connectivity index (χ3n) is 3.86. The minimum Gasteiger partial charge on any atom is -0.384 e. The van der Waals surface area contributed by atoms with Crippen LogP contribution < -0.4 is 5.32 Å². The van der Waals surface area contributed by atoms with Crippen LogP contribution in [0, 0.1) is 11.8 Å². The molecule has 102 valence electrons. The van der Waals surface area contributed by atoms with Gasteiger partial charge in [0.25, 0.3) is 0 Å². The number of methoxy groups -OCH3 is 1. The minimum absolute atomic E-state index is 0.562. The van der Waals surface area contributed by atoms with Gasteiger partial charge in [0.05, 0.1) is 0 Å². The summed E-state index contributed by atoms with van der Waals surface area (Å²) in [6, 6.07) is 5.01. The fourth-order valence-electron chi connectivity index (χ4n) is 2.93. The zero-order valence-corrected chi connectivity index (χ0v) is 12.3. The van der Waals surface area contributed by atoms with Gasteiger partial charge in [0.1, 0.15) is 0 Å². The molecule has 1 aliphatic carbocycles. The van der Waals surface area contributed by atoms with Gasteiger partial charge >= 0.3 is 0 Å². The second-order valence-electron chi connectivity index (χ2n) is 5.51. The molecule has 18 heavy (non-hydrogen) atoms. The minimum atomic E-state index is 0.562. The van der Waals surface area contributed by atoms with Gasteiger partial charge in [0, 0.05) is 31.2 Å². The zero-order valence-electron chi connectivity index (χ0n) is 11.5. The molecule has 3 heteroatoms. The smallest absolute Gasteiger partial charge is 0.0499 e. The van der Waals surface area contributed by atoms with Gasteiger partial charge in [0.15, 0.2) is 0 Å². The fraction of sp³-hybridized carbons (Fsp3) is 0.733. The van der Waals surface area contributed by atoms with Crippen molar-refractivity contribution < 1.29 is 4.74 Å². The molecule has 0 aliphatic heterocycles. The van der Waals surface area contributed by atoms with Gasteiger partial charge in [-0.2, -0.15) is 0 Å². The van der Waals surface area contributed by atoms with Crippen molar-refractivity contribution in [3.63, 3.8) is 0 Å². The van der Waals surface area contributed by atoms with Gasteiger partial charge in [-0.05, 0) is 36.1 Å². The summed E-state index contributed by atoms with van der Waals surface area (Å²) < 4.78 is 5.21. The Labute approximate surface area is 115 Å². The summed E-state index contributed by atoms with van der Waals surface area (Å²) in [5, 5.41) is 5.97. The van der Waals surface area contributed by atoms with E-state index in [1.807, 2.05) is 11.3 Å². The maximum Gasteiger partial charge on any atom is 0.0499 e. The Morgan fingerprint density at radius 2 is 2.22 bits per heavy atom. The van der Waals surface area contributed by atoms with Crippen LogP contribution in [0.15, 0.2) is 17.5 Å². The van der Waals surface area contributed by atoms with Crippen molar-refractivity contribution in [2.45, 2.75) is 38.6 Å². The van der Waals surface area contributed by atoms with E-state index >= 15 is 0 Å². The van der Waals surface area contributed by atoms with E-state index in [9.17, 15) is 0 Å². The summed E-state index contributed by atoms with van der Waals surface area (Å²) >= 11 is 1.89. The molecule has 0 bridgehead atoms. The molecule has 1 saturated carbocycles. The van der Waals surface area contributed by atoms with Crippen LogP contribution >= 0.6 is 11.3 Å². The van der Waals surface area contributed by atoms with Crippen LogP contribution in [0.3, 0.4) is 0 Å². The summed E-state index contributed by atoms with van der Waals surface area (Å²) in [6.07, 6.45) is 5.58. The highest BCUT2D eigenvalue weighted by molar-refractivity contribution is 7.10. The van der Waals surface area contributed by atoms with Crippen LogP contribution in [0.1, 0.15) is 43.5 Å². The first-order chi connectivity index (χ1) is 8.81. The molecule has 0 radical (unpaired) electrons. The number of thiophene rings is 1. The first-order valence-corrected chi connectivity index (χ1v) is 7.95. The Morgan fingerprint density at radius 1 is 1.44 bits per heavy atom. The Hall–Kier alpha value is -0.380. The molecule has 1 aromatic rings. The van der Waals surface area contributed by atoms with Crippen LogP contribution in [0.2, 0.25) is 0 Å². The SMILES string of the molecule is COCC(C)CNC(c1cccs1)C1CCCC1. The lowest BCUT2D eigenvalue weighted by molar-refractivity contribution is 0.155. The Bertz CT molecular complexity index is 319. The summed E-state index contributed by atoms with van der Waals surface area (Å²) in [7, 11) is 1.78.